The van der Waals surface area contributed by atoms with Crippen LogP contribution in [0.25, 0.3) is 0 Å². The van der Waals surface area contributed by atoms with Gasteiger partial charge in [-0.2, -0.15) is 5.26 Å². The van der Waals surface area contributed by atoms with Gasteiger partial charge in [0.2, 0.25) is 5.91 Å². The van der Waals surface area contributed by atoms with Gasteiger partial charge in [-0.25, -0.2) is 0 Å². The maximum Gasteiger partial charge on any atom is 0.269 e. The average molecular weight is 488 g/mol. The van der Waals surface area contributed by atoms with Crippen molar-refractivity contribution in [3.63, 3.8) is 0 Å². The standard InChI is InChI=1S/C27H22ClN3O2S/c1-2-18-11-13-21(14-12-18)30-25(32)23(17-29)27-31(22-9-4-3-5-10-22)26(33)24(34-27)16-19-7-6-8-20(28)15-19/h3-15,24H,2,16H2,1H3,(H,30,32)/b27-23+/t24-/m0/s1. The summed E-state index contributed by atoms with van der Waals surface area (Å²) < 4.78 is 0. The number of aryl methyl sites for hydroxylation is 1. The number of benzene rings is 3. The molecule has 0 bridgehead atoms. The van der Waals surface area contributed by atoms with Crippen LogP contribution in [0.2, 0.25) is 5.02 Å². The lowest BCUT2D eigenvalue weighted by molar-refractivity contribution is -0.117. The van der Waals surface area contributed by atoms with Crippen LogP contribution in [0.3, 0.4) is 0 Å². The van der Waals surface area contributed by atoms with Crippen molar-refractivity contribution in [2.45, 2.75) is 25.0 Å². The maximum absolute atomic E-state index is 13.5. The van der Waals surface area contributed by atoms with Gasteiger partial charge in [0.25, 0.3) is 5.91 Å². The normalized spacial score (nSPS) is 16.8. The van der Waals surface area contributed by atoms with Gasteiger partial charge in [0.15, 0.2) is 0 Å². The van der Waals surface area contributed by atoms with Gasteiger partial charge in [-0.15, -0.1) is 0 Å². The second-order valence-corrected chi connectivity index (χ2v) is 9.37. The van der Waals surface area contributed by atoms with Gasteiger partial charge in [0.1, 0.15) is 16.7 Å². The number of carbonyl (C=O) groups is 2. The molecule has 1 N–H and O–H groups in total. The molecule has 1 fully saturated rings. The van der Waals surface area contributed by atoms with E-state index in [1.165, 1.54) is 16.7 Å². The molecule has 0 aliphatic carbocycles. The monoisotopic (exact) mass is 487 g/mol. The Labute approximate surface area is 208 Å². The summed E-state index contributed by atoms with van der Waals surface area (Å²) >= 11 is 7.35. The fourth-order valence-electron chi connectivity index (χ4n) is 3.69. The lowest BCUT2D eigenvalue weighted by Crippen LogP contribution is -2.30. The third-order valence-corrected chi connectivity index (χ3v) is 6.95. The van der Waals surface area contributed by atoms with Crippen LogP contribution in [-0.4, -0.2) is 17.1 Å². The Kier molecular flexibility index (Phi) is 7.36. The highest BCUT2D eigenvalue weighted by Gasteiger charge is 2.40. The van der Waals surface area contributed by atoms with Gasteiger partial charge in [0.05, 0.1) is 5.25 Å². The van der Waals surface area contributed by atoms with Gasteiger partial charge < -0.3 is 5.32 Å². The molecule has 1 aliphatic rings. The number of rotatable bonds is 6. The van der Waals surface area contributed by atoms with E-state index in [4.69, 9.17) is 11.6 Å². The molecule has 3 aromatic rings. The molecule has 7 heteroatoms. The number of amides is 2. The number of hydrogen-bond acceptors (Lipinski definition) is 4. The van der Waals surface area contributed by atoms with Gasteiger partial charge in [-0.1, -0.05) is 72.8 Å². The van der Waals surface area contributed by atoms with E-state index in [-0.39, 0.29) is 11.5 Å². The van der Waals surface area contributed by atoms with E-state index in [0.29, 0.717) is 27.8 Å². The van der Waals surface area contributed by atoms with Crippen LogP contribution in [0.1, 0.15) is 18.1 Å². The van der Waals surface area contributed by atoms with Crippen LogP contribution in [-0.2, 0) is 22.4 Å². The summed E-state index contributed by atoms with van der Waals surface area (Å²) in [7, 11) is 0. The van der Waals surface area contributed by atoms with E-state index >= 15 is 0 Å². The predicted octanol–water partition coefficient (Wildman–Crippen LogP) is 5.97. The minimum atomic E-state index is -0.550. The van der Waals surface area contributed by atoms with Crippen LogP contribution >= 0.6 is 23.4 Å². The molecule has 1 heterocycles. The Morgan fingerprint density at radius 2 is 1.79 bits per heavy atom. The van der Waals surface area contributed by atoms with E-state index in [2.05, 4.69) is 12.2 Å². The summed E-state index contributed by atoms with van der Waals surface area (Å²) in [6, 6.07) is 25.9. The van der Waals surface area contributed by atoms with E-state index < -0.39 is 11.2 Å². The first kappa shape index (κ1) is 23.6. The van der Waals surface area contributed by atoms with Crippen molar-refractivity contribution < 1.29 is 9.59 Å². The Balaban J connectivity index is 1.69. The Morgan fingerprint density at radius 1 is 1.06 bits per heavy atom. The minimum Gasteiger partial charge on any atom is -0.321 e. The second-order valence-electron chi connectivity index (χ2n) is 7.75. The molecule has 0 radical (unpaired) electrons. The first-order valence-electron chi connectivity index (χ1n) is 10.8. The van der Waals surface area contributed by atoms with Gasteiger partial charge in [-0.3, -0.25) is 14.5 Å². The van der Waals surface area contributed by atoms with Crippen molar-refractivity contribution in [2.75, 3.05) is 10.2 Å². The molecule has 4 rings (SSSR count). The van der Waals surface area contributed by atoms with Crippen LogP contribution in [0, 0.1) is 11.3 Å². The van der Waals surface area contributed by atoms with Crippen LogP contribution in [0.5, 0.6) is 0 Å². The second kappa shape index (κ2) is 10.6. The van der Waals surface area contributed by atoms with Crippen molar-refractivity contribution in [3.05, 3.63) is 106 Å². The molecule has 2 amide bonds. The van der Waals surface area contributed by atoms with Crippen LogP contribution < -0.4 is 10.2 Å². The van der Waals surface area contributed by atoms with Crippen molar-refractivity contribution in [1.29, 1.82) is 5.26 Å². The summed E-state index contributed by atoms with van der Waals surface area (Å²) in [5.41, 5.74) is 3.15. The number of para-hydroxylation sites is 1. The average Bonchev–Trinajstić information content (AvgIpc) is 3.16. The Morgan fingerprint density at radius 3 is 2.44 bits per heavy atom. The molecule has 5 nitrogen and oxygen atoms in total. The molecule has 1 saturated heterocycles. The van der Waals surface area contributed by atoms with Crippen molar-refractivity contribution in [2.24, 2.45) is 0 Å². The molecule has 0 spiro atoms. The lowest BCUT2D eigenvalue weighted by atomic mass is 10.1. The van der Waals surface area contributed by atoms with Gasteiger partial charge >= 0.3 is 0 Å². The molecule has 1 atom stereocenters. The van der Waals surface area contributed by atoms with E-state index in [0.717, 1.165) is 17.5 Å². The number of nitriles is 1. The number of nitrogens with one attached hydrogen (secondary N) is 1. The zero-order valence-corrected chi connectivity index (χ0v) is 20.1. The summed E-state index contributed by atoms with van der Waals surface area (Å²) in [5, 5.41) is 13.2. The molecule has 3 aromatic carbocycles. The predicted molar refractivity (Wildman–Crippen MR) is 138 cm³/mol. The molecule has 34 heavy (non-hydrogen) atoms. The first-order valence-corrected chi connectivity index (χ1v) is 12.1. The highest BCUT2D eigenvalue weighted by molar-refractivity contribution is 8.05. The zero-order chi connectivity index (χ0) is 24.1. The van der Waals surface area contributed by atoms with Crippen LogP contribution in [0.15, 0.2) is 89.5 Å². The SMILES string of the molecule is CCc1ccc(NC(=O)/C(C#N)=C2/S[C@@H](Cc3cccc(Cl)c3)C(=O)N2c2ccccc2)cc1. The zero-order valence-electron chi connectivity index (χ0n) is 18.5. The van der Waals surface area contributed by atoms with Crippen molar-refractivity contribution in [1.82, 2.24) is 0 Å². The number of anilines is 2. The maximum atomic E-state index is 13.5. The summed E-state index contributed by atoms with van der Waals surface area (Å²) in [5.74, 6) is -0.731. The third kappa shape index (κ3) is 5.17. The highest BCUT2D eigenvalue weighted by atomic mass is 35.5. The van der Waals surface area contributed by atoms with Crippen molar-refractivity contribution >= 4 is 46.6 Å². The van der Waals surface area contributed by atoms with Crippen LogP contribution in [0.4, 0.5) is 11.4 Å². The number of hydrogen-bond donors (Lipinski definition) is 1. The number of thioether (sulfide) groups is 1. The van der Waals surface area contributed by atoms with Gasteiger partial charge in [-0.05, 0) is 60.4 Å². The number of halogens is 1. The quantitative estimate of drug-likeness (QED) is 0.343. The Bertz CT molecular complexity index is 1280. The lowest BCUT2D eigenvalue weighted by Gasteiger charge is -2.18. The largest absolute Gasteiger partial charge is 0.321 e. The van der Waals surface area contributed by atoms with E-state index in [1.807, 2.05) is 54.6 Å². The van der Waals surface area contributed by atoms with E-state index in [9.17, 15) is 14.9 Å². The Hall–Kier alpha value is -3.53. The van der Waals surface area contributed by atoms with Crippen molar-refractivity contribution in [3.8, 4) is 6.07 Å². The summed E-state index contributed by atoms with van der Waals surface area (Å²) in [6.45, 7) is 2.05. The highest BCUT2D eigenvalue weighted by Crippen LogP contribution is 2.42. The molecule has 170 valence electrons. The fourth-order valence-corrected chi connectivity index (χ4v) is 5.22. The molecule has 0 saturated carbocycles. The molecule has 0 unspecified atom stereocenters. The summed E-state index contributed by atoms with van der Waals surface area (Å²) in [4.78, 5) is 28.1. The first-order chi connectivity index (χ1) is 16.5. The molecule has 0 aromatic heterocycles. The number of carbonyl (C=O) groups excluding carboxylic acids is 2. The number of nitrogens with zero attached hydrogens (tertiary/aromatic N) is 2. The van der Waals surface area contributed by atoms with Gasteiger partial charge in [0, 0.05) is 16.4 Å². The minimum absolute atomic E-state index is 0.102. The molecular formula is C27H22ClN3O2S. The topological polar surface area (TPSA) is 73.2 Å². The van der Waals surface area contributed by atoms with E-state index in [1.54, 1.807) is 30.3 Å². The molecule has 1 aliphatic heterocycles. The smallest absolute Gasteiger partial charge is 0.269 e. The third-order valence-electron chi connectivity index (χ3n) is 5.45. The molecular weight excluding hydrogens is 466 g/mol. The fraction of sp³-hybridized carbons (Fsp3) is 0.148. The summed E-state index contributed by atoms with van der Waals surface area (Å²) in [6.07, 6.45) is 1.32.